The van der Waals surface area contributed by atoms with E-state index in [9.17, 15) is 0 Å². The van der Waals surface area contributed by atoms with Gasteiger partial charge in [-0.05, 0) is 25.2 Å². The molecule has 13 heavy (non-hydrogen) atoms. The van der Waals surface area contributed by atoms with Gasteiger partial charge >= 0.3 is 0 Å². The predicted molar refractivity (Wildman–Crippen MR) is 59.0 cm³/mol. The number of ether oxygens (including phenoxy) is 1. The van der Waals surface area contributed by atoms with Crippen LogP contribution >= 0.6 is 0 Å². The summed E-state index contributed by atoms with van der Waals surface area (Å²) in [6, 6.07) is 0. The summed E-state index contributed by atoms with van der Waals surface area (Å²) in [6.45, 7) is 9.92. The van der Waals surface area contributed by atoms with E-state index in [1.807, 2.05) is 0 Å². The summed E-state index contributed by atoms with van der Waals surface area (Å²) in [7, 11) is 0. The third-order valence-electron chi connectivity index (χ3n) is 2.29. The second-order valence-electron chi connectivity index (χ2n) is 4.24. The number of unbranched alkanes of at least 4 members (excludes halogenated alkanes) is 2. The Morgan fingerprint density at radius 3 is 2.23 bits per heavy atom. The molecule has 0 spiro atoms. The highest BCUT2D eigenvalue weighted by molar-refractivity contribution is 4.58. The van der Waals surface area contributed by atoms with Crippen molar-refractivity contribution in [2.75, 3.05) is 6.61 Å². The van der Waals surface area contributed by atoms with Gasteiger partial charge in [-0.25, -0.2) is 0 Å². The van der Waals surface area contributed by atoms with Gasteiger partial charge in [0.2, 0.25) is 0 Å². The fourth-order valence-corrected chi connectivity index (χ4v) is 1.48. The number of rotatable bonds is 8. The molecule has 0 radical (unpaired) electrons. The van der Waals surface area contributed by atoms with Crippen molar-refractivity contribution >= 4 is 0 Å². The fraction of sp³-hybridized carbons (Fsp3) is 1.00. The maximum atomic E-state index is 5.80. The first-order valence-corrected chi connectivity index (χ1v) is 5.82. The van der Waals surface area contributed by atoms with E-state index in [0.29, 0.717) is 6.10 Å². The van der Waals surface area contributed by atoms with Gasteiger partial charge in [-0.3, -0.25) is 0 Å². The van der Waals surface area contributed by atoms with Gasteiger partial charge in [0, 0.05) is 6.61 Å². The van der Waals surface area contributed by atoms with E-state index in [4.69, 9.17) is 4.74 Å². The van der Waals surface area contributed by atoms with E-state index in [1.54, 1.807) is 0 Å². The van der Waals surface area contributed by atoms with Crippen LogP contribution in [0.15, 0.2) is 0 Å². The lowest BCUT2D eigenvalue weighted by Gasteiger charge is -2.17. The van der Waals surface area contributed by atoms with Crippen LogP contribution in [0.1, 0.15) is 59.8 Å². The monoisotopic (exact) mass is 186 g/mol. The summed E-state index contributed by atoms with van der Waals surface area (Å²) in [6.07, 6.45) is 6.68. The molecule has 0 saturated carbocycles. The summed E-state index contributed by atoms with van der Waals surface area (Å²) in [5.41, 5.74) is 0. The van der Waals surface area contributed by atoms with Gasteiger partial charge in [0.05, 0.1) is 6.10 Å². The van der Waals surface area contributed by atoms with Crippen LogP contribution in [0.4, 0.5) is 0 Å². The normalized spacial score (nSPS) is 13.6. The predicted octanol–water partition coefficient (Wildman–Crippen LogP) is 4.02. The summed E-state index contributed by atoms with van der Waals surface area (Å²) in [5, 5.41) is 0. The summed E-state index contributed by atoms with van der Waals surface area (Å²) >= 11 is 0. The lowest BCUT2D eigenvalue weighted by atomic mass is 10.0. The Morgan fingerprint density at radius 2 is 1.77 bits per heavy atom. The van der Waals surface area contributed by atoms with Crippen LogP contribution in [0.5, 0.6) is 0 Å². The second-order valence-corrected chi connectivity index (χ2v) is 4.24. The van der Waals surface area contributed by atoms with Crippen LogP contribution in [0.3, 0.4) is 0 Å². The quantitative estimate of drug-likeness (QED) is 0.520. The zero-order valence-electron chi connectivity index (χ0n) is 9.81. The highest BCUT2D eigenvalue weighted by atomic mass is 16.5. The average molecular weight is 186 g/mol. The SMILES string of the molecule is CCCCCOC(CC)CC(C)C. The van der Waals surface area contributed by atoms with E-state index in [2.05, 4.69) is 27.7 Å². The highest BCUT2D eigenvalue weighted by Crippen LogP contribution is 2.12. The minimum Gasteiger partial charge on any atom is -0.378 e. The molecule has 0 amide bonds. The Bertz CT molecular complexity index is 99.3. The molecule has 0 fully saturated rings. The molecule has 0 aromatic rings. The average Bonchev–Trinajstić information content (AvgIpc) is 2.09. The summed E-state index contributed by atoms with van der Waals surface area (Å²) in [5.74, 6) is 0.760. The molecule has 1 atom stereocenters. The van der Waals surface area contributed by atoms with Crippen LogP contribution in [-0.4, -0.2) is 12.7 Å². The molecule has 1 nitrogen and oxygen atoms in total. The van der Waals surface area contributed by atoms with E-state index >= 15 is 0 Å². The molecule has 0 aromatic heterocycles. The molecular weight excluding hydrogens is 160 g/mol. The highest BCUT2D eigenvalue weighted by Gasteiger charge is 2.07. The molecule has 0 N–H and O–H groups in total. The van der Waals surface area contributed by atoms with Gasteiger partial charge in [-0.15, -0.1) is 0 Å². The number of hydrogen-bond donors (Lipinski definition) is 0. The van der Waals surface area contributed by atoms with Gasteiger partial charge in [0.1, 0.15) is 0 Å². The van der Waals surface area contributed by atoms with Crippen LogP contribution < -0.4 is 0 Å². The molecule has 1 heteroatoms. The van der Waals surface area contributed by atoms with Crippen LogP contribution in [0.25, 0.3) is 0 Å². The third-order valence-corrected chi connectivity index (χ3v) is 2.29. The molecule has 0 aliphatic carbocycles. The molecule has 0 aliphatic heterocycles. The van der Waals surface area contributed by atoms with Crippen molar-refractivity contribution in [3.05, 3.63) is 0 Å². The largest absolute Gasteiger partial charge is 0.378 e. The molecule has 1 unspecified atom stereocenters. The molecule has 0 aromatic carbocycles. The van der Waals surface area contributed by atoms with Crippen molar-refractivity contribution in [2.45, 2.75) is 65.9 Å². The van der Waals surface area contributed by atoms with Crippen molar-refractivity contribution in [3.8, 4) is 0 Å². The van der Waals surface area contributed by atoms with Crippen molar-refractivity contribution in [1.29, 1.82) is 0 Å². The maximum absolute atomic E-state index is 5.80. The Hall–Kier alpha value is -0.0400. The first-order valence-electron chi connectivity index (χ1n) is 5.82. The molecule has 0 heterocycles. The third kappa shape index (κ3) is 8.29. The van der Waals surface area contributed by atoms with Gasteiger partial charge in [0.25, 0.3) is 0 Å². The summed E-state index contributed by atoms with van der Waals surface area (Å²) < 4.78 is 5.80. The van der Waals surface area contributed by atoms with Gasteiger partial charge in [0.15, 0.2) is 0 Å². The van der Waals surface area contributed by atoms with Crippen LogP contribution in [0.2, 0.25) is 0 Å². The summed E-state index contributed by atoms with van der Waals surface area (Å²) in [4.78, 5) is 0. The zero-order chi connectivity index (χ0) is 10.1. The Labute approximate surface area is 83.9 Å². The lowest BCUT2D eigenvalue weighted by molar-refractivity contribution is 0.0346. The van der Waals surface area contributed by atoms with E-state index in [1.165, 1.54) is 25.7 Å². The second kappa shape index (κ2) is 8.55. The standard InChI is InChI=1S/C12H26O/c1-5-7-8-9-13-12(6-2)10-11(3)4/h11-12H,5-10H2,1-4H3. The zero-order valence-corrected chi connectivity index (χ0v) is 9.81. The Kier molecular flexibility index (Phi) is 8.53. The molecule has 80 valence electrons. The molecule has 0 saturated heterocycles. The van der Waals surface area contributed by atoms with Gasteiger partial charge in [-0.2, -0.15) is 0 Å². The van der Waals surface area contributed by atoms with Crippen molar-refractivity contribution in [3.63, 3.8) is 0 Å². The van der Waals surface area contributed by atoms with Crippen molar-refractivity contribution in [2.24, 2.45) is 5.92 Å². The van der Waals surface area contributed by atoms with Crippen LogP contribution in [-0.2, 0) is 4.74 Å². The maximum Gasteiger partial charge on any atom is 0.0575 e. The molecule has 0 rings (SSSR count). The van der Waals surface area contributed by atoms with Gasteiger partial charge in [-0.1, -0.05) is 40.5 Å². The van der Waals surface area contributed by atoms with E-state index in [0.717, 1.165) is 18.9 Å². The molecular formula is C12H26O. The Balaban J connectivity index is 3.36. The van der Waals surface area contributed by atoms with E-state index < -0.39 is 0 Å². The molecule has 0 aliphatic rings. The lowest BCUT2D eigenvalue weighted by Crippen LogP contribution is -2.15. The first kappa shape index (κ1) is 13.0. The van der Waals surface area contributed by atoms with Crippen LogP contribution in [0, 0.1) is 5.92 Å². The van der Waals surface area contributed by atoms with E-state index in [-0.39, 0.29) is 0 Å². The topological polar surface area (TPSA) is 9.23 Å². The number of hydrogen-bond acceptors (Lipinski definition) is 1. The minimum absolute atomic E-state index is 0.497. The molecule has 0 bridgehead atoms. The fourth-order valence-electron chi connectivity index (χ4n) is 1.48. The van der Waals surface area contributed by atoms with Gasteiger partial charge < -0.3 is 4.74 Å². The smallest absolute Gasteiger partial charge is 0.0575 e. The van der Waals surface area contributed by atoms with Crippen molar-refractivity contribution in [1.82, 2.24) is 0 Å². The Morgan fingerprint density at radius 1 is 1.08 bits per heavy atom. The first-order chi connectivity index (χ1) is 6.20. The minimum atomic E-state index is 0.497. The van der Waals surface area contributed by atoms with Crippen molar-refractivity contribution < 1.29 is 4.74 Å².